The Balaban J connectivity index is 3.31. The van der Waals surface area contributed by atoms with Crippen LogP contribution in [0.25, 0.3) is 0 Å². The van der Waals surface area contributed by atoms with Crippen LogP contribution >= 0.6 is 11.8 Å². The van der Waals surface area contributed by atoms with Crippen LogP contribution in [-0.4, -0.2) is 27.0 Å². The molecule has 0 saturated heterocycles. The predicted molar refractivity (Wildman–Crippen MR) is 73.7 cm³/mol. The van der Waals surface area contributed by atoms with E-state index in [9.17, 15) is 8.42 Å². The molecule has 0 bridgehead atoms. The van der Waals surface area contributed by atoms with E-state index in [1.807, 2.05) is 0 Å². The van der Waals surface area contributed by atoms with E-state index in [-0.39, 0.29) is 10.6 Å². The van der Waals surface area contributed by atoms with Crippen LogP contribution in [0.5, 0.6) is 5.75 Å². The summed E-state index contributed by atoms with van der Waals surface area (Å²) in [4.78, 5) is 3.93. The Morgan fingerprint density at radius 3 is 2.74 bits per heavy atom. The van der Waals surface area contributed by atoms with Crippen LogP contribution in [0.2, 0.25) is 0 Å². The van der Waals surface area contributed by atoms with E-state index in [1.54, 1.807) is 18.5 Å². The van der Waals surface area contributed by atoms with Gasteiger partial charge in [0.1, 0.15) is 10.6 Å². The number of rotatable bonds is 3. The fraction of sp³-hybridized carbons (Fsp3) is 0.200. The molecule has 0 aromatic heterocycles. The van der Waals surface area contributed by atoms with Gasteiger partial charge < -0.3 is 4.74 Å². The molecule has 0 saturated carbocycles. The summed E-state index contributed by atoms with van der Waals surface area (Å²) in [5.74, 6) is 0.139. The van der Waals surface area contributed by atoms with Crippen molar-refractivity contribution in [1.82, 2.24) is 5.32 Å². The van der Waals surface area contributed by atoms with Crippen molar-refractivity contribution in [1.29, 1.82) is 5.26 Å². The fourth-order valence-electron chi connectivity index (χ4n) is 1.25. The normalized spacial score (nSPS) is 11.8. The monoisotopic (exact) mass is 300 g/mol. The number of nitrogens with zero attached hydrogens (tertiary/aromatic N) is 2. The van der Waals surface area contributed by atoms with Crippen molar-refractivity contribution < 1.29 is 13.2 Å². The Labute approximate surface area is 115 Å². The van der Waals surface area contributed by atoms with Crippen molar-refractivity contribution in [2.24, 2.45) is 10.1 Å². The number of nitriles is 1. The number of primary sulfonamides is 1. The zero-order valence-corrected chi connectivity index (χ0v) is 11.9. The highest BCUT2D eigenvalue weighted by molar-refractivity contribution is 8.13. The first kappa shape index (κ1) is 15.3. The van der Waals surface area contributed by atoms with Crippen molar-refractivity contribution >= 4 is 32.6 Å². The number of nitrogens with two attached hydrogens (primary N) is 1. The molecule has 7 nitrogen and oxygen atoms in total. The summed E-state index contributed by atoms with van der Waals surface area (Å²) in [5, 5.41) is 16.3. The molecule has 1 aromatic carbocycles. The number of methoxy groups -OCH3 is 1. The van der Waals surface area contributed by atoms with Crippen LogP contribution in [0.3, 0.4) is 0 Å². The Morgan fingerprint density at radius 2 is 2.26 bits per heavy atom. The number of thioether (sulfide) groups is 1. The van der Waals surface area contributed by atoms with Gasteiger partial charge >= 0.3 is 0 Å². The molecule has 0 amide bonds. The Bertz CT molecular complexity index is 635. The third-order valence-corrected chi connectivity index (χ3v) is 3.55. The first-order valence-corrected chi connectivity index (χ1v) is 7.68. The van der Waals surface area contributed by atoms with Gasteiger partial charge in [0.05, 0.1) is 12.8 Å². The van der Waals surface area contributed by atoms with Crippen molar-refractivity contribution in [2.45, 2.75) is 4.90 Å². The van der Waals surface area contributed by atoms with Crippen LogP contribution in [0.4, 0.5) is 5.69 Å². The molecule has 0 aliphatic carbocycles. The van der Waals surface area contributed by atoms with Gasteiger partial charge in [-0.15, -0.1) is 0 Å². The molecule has 0 radical (unpaired) electrons. The molecule has 0 unspecified atom stereocenters. The van der Waals surface area contributed by atoms with E-state index < -0.39 is 10.0 Å². The third kappa shape index (κ3) is 4.13. The molecule has 0 aliphatic rings. The van der Waals surface area contributed by atoms with Crippen LogP contribution in [-0.2, 0) is 10.0 Å². The van der Waals surface area contributed by atoms with Crippen molar-refractivity contribution in [3.63, 3.8) is 0 Å². The van der Waals surface area contributed by atoms with Crippen molar-refractivity contribution in [2.75, 3.05) is 13.4 Å². The minimum absolute atomic E-state index is 0.139. The molecule has 0 aliphatic heterocycles. The smallest absolute Gasteiger partial charge is 0.241 e. The first-order chi connectivity index (χ1) is 8.92. The van der Waals surface area contributed by atoms with Gasteiger partial charge in [0.2, 0.25) is 10.0 Å². The van der Waals surface area contributed by atoms with E-state index in [0.717, 1.165) is 0 Å². The van der Waals surface area contributed by atoms with Gasteiger partial charge in [-0.05, 0) is 24.5 Å². The highest BCUT2D eigenvalue weighted by Gasteiger charge is 2.15. The quantitative estimate of drug-likeness (QED) is 0.368. The average Bonchev–Trinajstić information content (AvgIpc) is 2.37. The summed E-state index contributed by atoms with van der Waals surface area (Å²) >= 11 is 1.22. The van der Waals surface area contributed by atoms with E-state index in [4.69, 9.17) is 15.1 Å². The zero-order chi connectivity index (χ0) is 14.5. The highest BCUT2D eigenvalue weighted by atomic mass is 32.2. The molecule has 1 aromatic rings. The molecule has 0 heterocycles. The number of aliphatic imine (C=N–C) groups is 1. The summed E-state index contributed by atoms with van der Waals surface area (Å²) in [6.45, 7) is 0. The minimum atomic E-state index is -3.91. The maximum atomic E-state index is 11.4. The second-order valence-corrected chi connectivity index (χ2v) is 5.56. The average molecular weight is 300 g/mol. The summed E-state index contributed by atoms with van der Waals surface area (Å²) < 4.78 is 27.8. The van der Waals surface area contributed by atoms with Gasteiger partial charge in [-0.25, -0.2) is 18.5 Å². The molecular weight excluding hydrogens is 288 g/mol. The van der Waals surface area contributed by atoms with Crippen molar-refractivity contribution in [3.05, 3.63) is 18.2 Å². The predicted octanol–water partition coefficient (Wildman–Crippen LogP) is 0.764. The maximum Gasteiger partial charge on any atom is 0.241 e. The molecular formula is C10H12N4O3S2. The molecule has 9 heteroatoms. The summed E-state index contributed by atoms with van der Waals surface area (Å²) in [7, 11) is -2.56. The Kier molecular flexibility index (Phi) is 5.17. The molecule has 0 atom stereocenters. The lowest BCUT2D eigenvalue weighted by Crippen LogP contribution is -2.14. The summed E-state index contributed by atoms with van der Waals surface area (Å²) in [6.07, 6.45) is 3.47. The fourth-order valence-corrected chi connectivity index (χ4v) is 2.31. The van der Waals surface area contributed by atoms with Gasteiger partial charge in [0.15, 0.2) is 11.4 Å². The zero-order valence-electron chi connectivity index (χ0n) is 10.2. The van der Waals surface area contributed by atoms with Crippen molar-refractivity contribution in [3.8, 4) is 11.9 Å². The summed E-state index contributed by atoms with van der Waals surface area (Å²) in [5.41, 5.74) is 0.344. The van der Waals surface area contributed by atoms with Gasteiger partial charge in [-0.1, -0.05) is 11.8 Å². The number of ether oxygens (including phenoxy) is 1. The number of hydrogen-bond donors (Lipinski definition) is 2. The van der Waals surface area contributed by atoms with Crippen LogP contribution in [0, 0.1) is 11.5 Å². The van der Waals surface area contributed by atoms with Crippen LogP contribution in [0.15, 0.2) is 28.1 Å². The Hall–Kier alpha value is -1.76. The molecule has 19 heavy (non-hydrogen) atoms. The number of amidine groups is 1. The molecule has 3 N–H and O–H groups in total. The standard InChI is InChI=1S/C10H12N4O3S2/c1-17-8-4-3-7(5-9(8)19(12,15)16)14-10(18-2)13-6-11/h3-5H,1-2H3,(H,13,14)(H2,12,15,16). The van der Waals surface area contributed by atoms with E-state index in [1.165, 1.54) is 31.0 Å². The lowest BCUT2D eigenvalue weighted by molar-refractivity contribution is 0.403. The molecule has 0 fully saturated rings. The lowest BCUT2D eigenvalue weighted by atomic mass is 10.3. The van der Waals surface area contributed by atoms with Gasteiger partial charge in [0, 0.05) is 0 Å². The first-order valence-electron chi connectivity index (χ1n) is 4.91. The molecule has 102 valence electrons. The highest BCUT2D eigenvalue weighted by Crippen LogP contribution is 2.27. The van der Waals surface area contributed by atoms with Crippen LogP contribution < -0.4 is 15.2 Å². The minimum Gasteiger partial charge on any atom is -0.495 e. The topological polar surface area (TPSA) is 118 Å². The van der Waals surface area contributed by atoms with Gasteiger partial charge in [-0.2, -0.15) is 5.26 Å². The third-order valence-electron chi connectivity index (χ3n) is 2.04. The Morgan fingerprint density at radius 1 is 1.58 bits per heavy atom. The number of sulfonamides is 1. The molecule has 1 rings (SSSR count). The maximum absolute atomic E-state index is 11.4. The van der Waals surface area contributed by atoms with Gasteiger partial charge in [-0.3, -0.25) is 5.32 Å². The van der Waals surface area contributed by atoms with E-state index in [2.05, 4.69) is 10.3 Å². The largest absolute Gasteiger partial charge is 0.495 e. The molecule has 0 spiro atoms. The number of benzene rings is 1. The SMILES string of the molecule is COc1ccc(N=C(NC#N)SC)cc1S(N)(=O)=O. The lowest BCUT2D eigenvalue weighted by Gasteiger charge is -2.07. The second-order valence-electron chi connectivity index (χ2n) is 3.24. The van der Waals surface area contributed by atoms with E-state index >= 15 is 0 Å². The van der Waals surface area contributed by atoms with Gasteiger partial charge in [0.25, 0.3) is 0 Å². The van der Waals surface area contributed by atoms with Crippen LogP contribution in [0.1, 0.15) is 0 Å². The number of hydrogen-bond acceptors (Lipinski definition) is 6. The number of nitrogens with one attached hydrogen (secondary N) is 1. The second kappa shape index (κ2) is 6.42. The van der Waals surface area contributed by atoms with E-state index in [0.29, 0.717) is 10.9 Å². The summed E-state index contributed by atoms with van der Waals surface area (Å²) in [6, 6.07) is 4.29.